The molecule has 0 nitrogen and oxygen atoms in total. The standard InChI is InChI=1S/3C2H2P3.3ClH.3Zr/c3*1-2-4-5-3-1;;;;;;/h3*1,3H;3*1H;;;/q3*-1;;;;3*+2/p-3. The van der Waals surface area contributed by atoms with Crippen molar-refractivity contribution in [2.24, 2.45) is 0 Å². The molecule has 3 aromatic heterocycles. The van der Waals surface area contributed by atoms with Gasteiger partial charge in [0.15, 0.2) is 0 Å². The second-order valence-corrected chi connectivity index (χ2v) is 16.7. The second-order valence-electron chi connectivity index (χ2n) is 1.81. The summed E-state index contributed by atoms with van der Waals surface area (Å²) in [6, 6.07) is 0. The summed E-state index contributed by atoms with van der Waals surface area (Å²) in [6.07, 6.45) is 0. The van der Waals surface area contributed by atoms with Gasteiger partial charge in [0.05, 0.1) is 0 Å². The molecule has 108 valence electrons. The molecule has 0 N–H and O–H groups in total. The van der Waals surface area contributed by atoms with Gasteiger partial charge in [-0.2, -0.15) is 0 Å². The topological polar surface area (TPSA) is 0 Å². The Labute approximate surface area is 217 Å². The summed E-state index contributed by atoms with van der Waals surface area (Å²) < 4.78 is 0. The van der Waals surface area contributed by atoms with Crippen LogP contribution in [0.15, 0.2) is 17.4 Å². The third kappa shape index (κ3) is 33.5. The van der Waals surface area contributed by atoms with Gasteiger partial charge >= 0.3 is 78.6 Å². The summed E-state index contributed by atoms with van der Waals surface area (Å²) in [5, 5.41) is 0. The van der Waals surface area contributed by atoms with Crippen LogP contribution >= 0.6 is 69.9 Å². The van der Waals surface area contributed by atoms with Crippen molar-refractivity contribution in [2.75, 3.05) is 0 Å². The Bertz CT molecular complexity index is 271. The summed E-state index contributed by atoms with van der Waals surface area (Å²) in [4.78, 5) is 0. The molecule has 0 aliphatic rings. The van der Waals surface area contributed by atoms with Crippen LogP contribution in [0, 0.1) is 17.4 Å². The third-order valence-corrected chi connectivity index (χ3v) is 13.8. The van der Waals surface area contributed by atoms with Crippen molar-refractivity contribution in [1.82, 2.24) is 0 Å². The smallest absolute Gasteiger partial charge is 1.00 e. The SMILES string of the molecule is [Cl-].[Cl-].[Cl-].[Zr+2].[Zr+2].[Zr+2].[c-]1c[pH]pp1.[c-]1c[pH]pp1.[c-]1c[pH]pp1. The molecule has 0 fully saturated rings. The van der Waals surface area contributed by atoms with Crippen molar-refractivity contribution in [1.29, 1.82) is 0 Å². The molecule has 3 atom stereocenters. The molecule has 0 saturated carbocycles. The van der Waals surface area contributed by atoms with E-state index in [4.69, 9.17) is 0 Å². The van der Waals surface area contributed by atoms with Crippen LogP contribution in [0.5, 0.6) is 0 Å². The molecule has 3 rings (SSSR count). The largest absolute Gasteiger partial charge is 2.00 e. The Morgan fingerprint density at radius 2 is 0.762 bits per heavy atom. The predicted octanol–water partition coefficient (Wildman–Crippen LogP) is -0.961. The maximum Gasteiger partial charge on any atom is 2.00 e. The van der Waals surface area contributed by atoms with Crippen LogP contribution in [-0.2, 0) is 78.6 Å². The molecule has 3 heterocycles. The predicted molar refractivity (Wildman–Crippen MR) is 89.4 cm³/mol. The maximum absolute atomic E-state index is 3.07. The number of hydrogen-bond donors (Lipinski definition) is 0. The quantitative estimate of drug-likeness (QED) is 0.262. The molecule has 15 heteroatoms. The number of halogens is 3. The van der Waals surface area contributed by atoms with Gasteiger partial charge in [-0.3, -0.25) is 23.6 Å². The molecule has 0 aliphatic heterocycles. The van der Waals surface area contributed by atoms with E-state index in [1.165, 1.54) is 46.2 Å². The average Bonchev–Trinajstić information content (AvgIpc) is 3.09. The van der Waals surface area contributed by atoms with Gasteiger partial charge in [-0.05, 0) is 0 Å². The summed E-state index contributed by atoms with van der Waals surface area (Å²) in [5.41, 5.74) is 0. The van der Waals surface area contributed by atoms with E-state index in [2.05, 4.69) is 34.8 Å². The van der Waals surface area contributed by atoms with Gasteiger partial charge < -0.3 is 54.6 Å². The van der Waals surface area contributed by atoms with E-state index in [0.717, 1.165) is 23.6 Å². The zero-order chi connectivity index (χ0) is 10.6. The molecule has 0 amide bonds. The number of rotatable bonds is 0. The summed E-state index contributed by atoms with van der Waals surface area (Å²) >= 11 is 0. The van der Waals surface area contributed by atoms with Crippen molar-refractivity contribution in [3.05, 3.63) is 34.8 Å². The van der Waals surface area contributed by atoms with Crippen LogP contribution in [0.3, 0.4) is 0 Å². The minimum absolute atomic E-state index is 0. The van der Waals surface area contributed by atoms with Gasteiger partial charge in [-0.1, -0.05) is 22.6 Å². The van der Waals surface area contributed by atoms with Crippen LogP contribution in [-0.4, -0.2) is 0 Å². The fourth-order valence-corrected chi connectivity index (χ4v) is 11.7. The minimum atomic E-state index is 0. The average molecular weight is 737 g/mol. The second kappa shape index (κ2) is 36.4. The van der Waals surface area contributed by atoms with Gasteiger partial charge in [0.1, 0.15) is 0 Å². The van der Waals surface area contributed by atoms with E-state index in [1.54, 1.807) is 0 Å². The summed E-state index contributed by atoms with van der Waals surface area (Å²) in [5.74, 6) is 15.6. The van der Waals surface area contributed by atoms with E-state index in [9.17, 15) is 0 Å². The van der Waals surface area contributed by atoms with E-state index >= 15 is 0 Å². The van der Waals surface area contributed by atoms with Crippen LogP contribution in [0.25, 0.3) is 0 Å². The summed E-state index contributed by atoms with van der Waals surface area (Å²) in [7, 11) is 11.8. The zero-order valence-electron chi connectivity index (χ0n) is 10.0. The van der Waals surface area contributed by atoms with Crippen molar-refractivity contribution < 1.29 is 116 Å². The van der Waals surface area contributed by atoms with Gasteiger partial charge in [0.25, 0.3) is 0 Å². The Hall–Kier alpha value is 5.44. The van der Waals surface area contributed by atoms with Crippen LogP contribution < -0.4 is 37.2 Å². The molecule has 0 spiro atoms. The van der Waals surface area contributed by atoms with Crippen molar-refractivity contribution in [3.63, 3.8) is 0 Å². The molecular formula is C6H6Cl3P9Zr3. The fraction of sp³-hybridized carbons (Fsp3) is 0. The molecule has 0 aromatic carbocycles. The fourth-order valence-electron chi connectivity index (χ4n) is 0.433. The van der Waals surface area contributed by atoms with E-state index < -0.39 is 0 Å². The minimum Gasteiger partial charge on any atom is -1.00 e. The van der Waals surface area contributed by atoms with Crippen molar-refractivity contribution >= 4 is 69.9 Å². The van der Waals surface area contributed by atoms with Gasteiger partial charge in [-0.25, -0.2) is 17.4 Å². The van der Waals surface area contributed by atoms with Crippen LogP contribution in [0.4, 0.5) is 0 Å². The molecule has 21 heavy (non-hydrogen) atoms. The van der Waals surface area contributed by atoms with E-state index in [0.29, 0.717) is 0 Å². The molecule has 3 unspecified atom stereocenters. The normalized spacial score (nSPS) is 9.14. The van der Waals surface area contributed by atoms with E-state index in [-0.39, 0.29) is 116 Å². The van der Waals surface area contributed by atoms with E-state index in [1.807, 2.05) is 0 Å². The van der Waals surface area contributed by atoms with Gasteiger partial charge in [0.2, 0.25) is 0 Å². The molecule has 3 aromatic rings. The zero-order valence-corrected chi connectivity index (χ0v) is 28.1. The Morgan fingerprint density at radius 1 is 0.524 bits per heavy atom. The number of hydrogen-bond acceptors (Lipinski definition) is 0. The third-order valence-electron chi connectivity index (χ3n) is 0.884. The first-order valence-corrected chi connectivity index (χ1v) is 16.9. The van der Waals surface area contributed by atoms with Crippen molar-refractivity contribution in [2.45, 2.75) is 0 Å². The molecule has 0 bridgehead atoms. The van der Waals surface area contributed by atoms with Gasteiger partial charge in [-0.15, -0.1) is 23.6 Å². The Kier molecular flexibility index (Phi) is 70.9. The Balaban J connectivity index is -0.0000000352. The molecule has 0 aliphatic carbocycles. The Morgan fingerprint density at radius 3 is 0.810 bits per heavy atom. The summed E-state index contributed by atoms with van der Waals surface area (Å²) in [6.45, 7) is 0. The monoisotopic (exact) mass is 731 g/mol. The van der Waals surface area contributed by atoms with Crippen LogP contribution in [0.2, 0.25) is 0 Å². The van der Waals surface area contributed by atoms with Crippen LogP contribution in [0.1, 0.15) is 0 Å². The first-order chi connectivity index (χ1) is 7.50. The maximum atomic E-state index is 3.07. The van der Waals surface area contributed by atoms with Crippen molar-refractivity contribution in [3.8, 4) is 0 Å². The molecular weight excluding hydrogens is 731 g/mol. The molecule has 0 saturated heterocycles. The van der Waals surface area contributed by atoms with Gasteiger partial charge in [0, 0.05) is 0 Å². The molecule has 0 radical (unpaired) electrons. The first kappa shape index (κ1) is 41.0. The first-order valence-electron chi connectivity index (χ1n) is 3.67.